The summed E-state index contributed by atoms with van der Waals surface area (Å²) in [5, 5.41) is 3.14. The predicted octanol–water partition coefficient (Wildman–Crippen LogP) is 3.54. The van der Waals surface area contributed by atoms with Crippen LogP contribution in [0.25, 0.3) is 0 Å². The van der Waals surface area contributed by atoms with Crippen LogP contribution >= 0.6 is 24.8 Å². The lowest BCUT2D eigenvalue weighted by molar-refractivity contribution is -0.128. The number of carbonyl (C=O) groups is 1. The lowest BCUT2D eigenvalue weighted by Gasteiger charge is -2.43. The van der Waals surface area contributed by atoms with Gasteiger partial charge >= 0.3 is 0 Å². The van der Waals surface area contributed by atoms with Crippen LogP contribution in [0.4, 0.5) is 0 Å². The van der Waals surface area contributed by atoms with Gasteiger partial charge in [-0.3, -0.25) is 4.79 Å². The first-order chi connectivity index (χ1) is 12.7. The Kier molecular flexibility index (Phi) is 8.35. The first-order valence-corrected chi connectivity index (χ1v) is 9.76. The van der Waals surface area contributed by atoms with E-state index in [9.17, 15) is 4.79 Å². The quantitative estimate of drug-likeness (QED) is 0.770. The minimum atomic E-state index is 0. The SMILES string of the molecule is Cl.Cl.NC1C2CCCC1CC(C(=O)NCc1ccc(Cn3ccnc3)cc1)C2. The van der Waals surface area contributed by atoms with Crippen molar-refractivity contribution in [1.82, 2.24) is 14.9 Å². The highest BCUT2D eigenvalue weighted by atomic mass is 35.5. The predicted molar refractivity (Wildman–Crippen MR) is 116 cm³/mol. The Labute approximate surface area is 179 Å². The van der Waals surface area contributed by atoms with E-state index in [2.05, 4.69) is 34.6 Å². The molecule has 4 rings (SSSR count). The van der Waals surface area contributed by atoms with Crippen LogP contribution in [0.2, 0.25) is 0 Å². The third-order valence-corrected chi connectivity index (χ3v) is 6.20. The Hall–Kier alpha value is -1.56. The zero-order valence-electron chi connectivity index (χ0n) is 16.0. The molecule has 5 nitrogen and oxygen atoms in total. The van der Waals surface area contributed by atoms with Gasteiger partial charge in [0.2, 0.25) is 5.91 Å². The Morgan fingerprint density at radius 1 is 1.11 bits per heavy atom. The molecule has 2 aliphatic rings. The molecule has 0 radical (unpaired) electrons. The molecule has 3 N–H and O–H groups in total. The molecule has 0 aliphatic heterocycles. The average Bonchev–Trinajstić information content (AvgIpc) is 3.14. The second kappa shape index (κ2) is 10.3. The molecule has 154 valence electrons. The number of fused-ring (bicyclic) bond motifs is 2. The number of imidazole rings is 1. The standard InChI is InChI=1S/C21H28N4O.2ClH/c22-20-17-2-1-3-18(20)11-19(10-17)21(26)24-12-15-4-6-16(7-5-15)13-25-9-8-23-14-25;;/h4-9,14,17-20H,1-3,10-13,22H2,(H,24,26);2*1H. The summed E-state index contributed by atoms with van der Waals surface area (Å²) < 4.78 is 2.04. The van der Waals surface area contributed by atoms with Crippen molar-refractivity contribution in [2.45, 2.75) is 51.2 Å². The molecule has 2 atom stereocenters. The van der Waals surface area contributed by atoms with E-state index in [0.717, 1.165) is 24.9 Å². The third kappa shape index (κ3) is 5.28. The molecule has 2 aromatic rings. The van der Waals surface area contributed by atoms with Crippen molar-refractivity contribution in [2.75, 3.05) is 0 Å². The maximum Gasteiger partial charge on any atom is 0.223 e. The number of halogens is 2. The molecule has 1 heterocycles. The van der Waals surface area contributed by atoms with Gasteiger partial charge in [0, 0.05) is 37.4 Å². The normalized spacial score (nSPS) is 25.9. The van der Waals surface area contributed by atoms with Gasteiger partial charge in [-0.2, -0.15) is 0 Å². The van der Waals surface area contributed by atoms with E-state index in [-0.39, 0.29) is 36.6 Å². The van der Waals surface area contributed by atoms with Crippen molar-refractivity contribution in [3.8, 4) is 0 Å². The lowest BCUT2D eigenvalue weighted by Crippen LogP contribution is -2.49. The van der Waals surface area contributed by atoms with Crippen LogP contribution in [0.5, 0.6) is 0 Å². The molecule has 2 fully saturated rings. The molecule has 0 spiro atoms. The van der Waals surface area contributed by atoms with Crippen molar-refractivity contribution in [3.63, 3.8) is 0 Å². The highest BCUT2D eigenvalue weighted by Gasteiger charge is 2.40. The summed E-state index contributed by atoms with van der Waals surface area (Å²) in [5.74, 6) is 1.43. The van der Waals surface area contributed by atoms with Gasteiger partial charge in [0.25, 0.3) is 0 Å². The molecular weight excluding hydrogens is 395 g/mol. The minimum Gasteiger partial charge on any atom is -0.352 e. The number of nitrogens with zero attached hydrogens (tertiary/aromatic N) is 2. The highest BCUT2D eigenvalue weighted by Crippen LogP contribution is 2.41. The summed E-state index contributed by atoms with van der Waals surface area (Å²) in [6.45, 7) is 1.42. The maximum atomic E-state index is 12.6. The molecule has 1 aromatic heterocycles. The highest BCUT2D eigenvalue weighted by molar-refractivity contribution is 5.85. The molecule has 1 aromatic carbocycles. The van der Waals surface area contributed by atoms with Crippen molar-refractivity contribution in [3.05, 3.63) is 54.1 Å². The number of hydrogen-bond donors (Lipinski definition) is 2. The Bertz CT molecular complexity index is 721. The van der Waals surface area contributed by atoms with Gasteiger partial charge in [-0.1, -0.05) is 30.7 Å². The number of carbonyl (C=O) groups excluding carboxylic acids is 1. The third-order valence-electron chi connectivity index (χ3n) is 6.20. The number of hydrogen-bond acceptors (Lipinski definition) is 3. The number of amides is 1. The number of nitrogens with two attached hydrogens (primary N) is 1. The second-order valence-corrected chi connectivity index (χ2v) is 7.97. The van der Waals surface area contributed by atoms with Gasteiger partial charge in [0.05, 0.1) is 6.33 Å². The van der Waals surface area contributed by atoms with Gasteiger partial charge in [0.1, 0.15) is 0 Å². The molecule has 28 heavy (non-hydrogen) atoms. The Morgan fingerprint density at radius 2 is 1.75 bits per heavy atom. The van der Waals surface area contributed by atoms with E-state index in [1.54, 1.807) is 6.20 Å². The van der Waals surface area contributed by atoms with Gasteiger partial charge in [-0.25, -0.2) is 4.98 Å². The van der Waals surface area contributed by atoms with E-state index in [1.807, 2.05) is 17.1 Å². The molecule has 2 saturated carbocycles. The maximum absolute atomic E-state index is 12.6. The minimum absolute atomic E-state index is 0. The van der Waals surface area contributed by atoms with Gasteiger partial charge in [0.15, 0.2) is 0 Å². The average molecular weight is 425 g/mol. The molecule has 0 saturated heterocycles. The Morgan fingerprint density at radius 3 is 2.36 bits per heavy atom. The van der Waals surface area contributed by atoms with Crippen LogP contribution < -0.4 is 11.1 Å². The van der Waals surface area contributed by atoms with Gasteiger partial charge in [-0.15, -0.1) is 24.8 Å². The van der Waals surface area contributed by atoms with Crippen LogP contribution in [-0.4, -0.2) is 21.5 Å². The first-order valence-electron chi connectivity index (χ1n) is 9.76. The fourth-order valence-corrected chi connectivity index (χ4v) is 4.69. The molecule has 2 bridgehead atoms. The van der Waals surface area contributed by atoms with Gasteiger partial charge in [-0.05, 0) is 48.6 Å². The summed E-state index contributed by atoms with van der Waals surface area (Å²) in [5.41, 5.74) is 8.70. The summed E-state index contributed by atoms with van der Waals surface area (Å²) in [6.07, 6.45) is 11.2. The fraction of sp³-hybridized carbons (Fsp3) is 0.524. The van der Waals surface area contributed by atoms with E-state index in [1.165, 1.54) is 24.8 Å². The molecule has 1 amide bonds. The smallest absolute Gasteiger partial charge is 0.223 e. The van der Waals surface area contributed by atoms with Crippen molar-refractivity contribution in [1.29, 1.82) is 0 Å². The number of aromatic nitrogens is 2. The van der Waals surface area contributed by atoms with Crippen LogP contribution in [0, 0.1) is 17.8 Å². The topological polar surface area (TPSA) is 72.9 Å². The second-order valence-electron chi connectivity index (χ2n) is 7.97. The number of benzene rings is 1. The van der Waals surface area contributed by atoms with Crippen molar-refractivity contribution >= 4 is 30.7 Å². The number of rotatable bonds is 5. The van der Waals surface area contributed by atoms with Gasteiger partial charge < -0.3 is 15.6 Å². The number of nitrogens with one attached hydrogen (secondary N) is 1. The van der Waals surface area contributed by atoms with E-state index in [4.69, 9.17) is 5.73 Å². The summed E-state index contributed by atoms with van der Waals surface area (Å²) in [6, 6.07) is 8.74. The molecule has 2 aliphatic carbocycles. The van der Waals surface area contributed by atoms with E-state index < -0.39 is 0 Å². The van der Waals surface area contributed by atoms with Crippen molar-refractivity contribution < 1.29 is 4.79 Å². The molecule has 2 unspecified atom stereocenters. The fourth-order valence-electron chi connectivity index (χ4n) is 4.69. The van der Waals surface area contributed by atoms with Crippen LogP contribution in [-0.2, 0) is 17.9 Å². The Balaban J connectivity index is 0.00000140. The lowest BCUT2D eigenvalue weighted by atomic mass is 9.65. The van der Waals surface area contributed by atoms with Crippen LogP contribution in [0.1, 0.15) is 43.2 Å². The van der Waals surface area contributed by atoms with E-state index >= 15 is 0 Å². The zero-order chi connectivity index (χ0) is 17.9. The van der Waals surface area contributed by atoms with Crippen LogP contribution in [0.3, 0.4) is 0 Å². The molecule has 7 heteroatoms. The zero-order valence-corrected chi connectivity index (χ0v) is 17.6. The first kappa shape index (κ1) is 22.7. The van der Waals surface area contributed by atoms with Crippen LogP contribution in [0.15, 0.2) is 43.0 Å². The summed E-state index contributed by atoms with van der Waals surface area (Å²) >= 11 is 0. The largest absolute Gasteiger partial charge is 0.352 e. The van der Waals surface area contributed by atoms with E-state index in [0.29, 0.717) is 24.4 Å². The monoisotopic (exact) mass is 424 g/mol. The summed E-state index contributed by atoms with van der Waals surface area (Å²) in [7, 11) is 0. The van der Waals surface area contributed by atoms with Crippen molar-refractivity contribution in [2.24, 2.45) is 23.5 Å². The summed E-state index contributed by atoms with van der Waals surface area (Å²) in [4.78, 5) is 16.7. The molecular formula is C21H30Cl2N4O.